The van der Waals surface area contributed by atoms with E-state index in [1.54, 1.807) is 18.2 Å². The molecule has 1 fully saturated rings. The lowest BCUT2D eigenvalue weighted by Gasteiger charge is -2.24. The molecule has 2 aromatic rings. The molecule has 0 unspecified atom stereocenters. The van der Waals surface area contributed by atoms with Crippen molar-refractivity contribution in [2.75, 3.05) is 17.2 Å². The molecule has 0 saturated heterocycles. The summed E-state index contributed by atoms with van der Waals surface area (Å²) in [6, 6.07) is 10.5. The van der Waals surface area contributed by atoms with Gasteiger partial charge in [-0.1, -0.05) is 25.7 Å². The third-order valence-corrected chi connectivity index (χ3v) is 6.78. The molecule has 174 valence electrons. The summed E-state index contributed by atoms with van der Waals surface area (Å²) in [4.78, 5) is 12.9. The van der Waals surface area contributed by atoms with Crippen molar-refractivity contribution in [1.82, 2.24) is 5.32 Å². The molecule has 0 atom stereocenters. The molecule has 0 aromatic heterocycles. The second-order valence-corrected chi connectivity index (χ2v) is 10.1. The van der Waals surface area contributed by atoms with Crippen LogP contribution in [0.25, 0.3) is 0 Å². The Morgan fingerprint density at radius 1 is 1.09 bits per heavy atom. The maximum Gasteiger partial charge on any atom is 0.251 e. The van der Waals surface area contributed by atoms with Gasteiger partial charge >= 0.3 is 0 Å². The number of amides is 1. The minimum atomic E-state index is -3.67. The highest BCUT2D eigenvalue weighted by molar-refractivity contribution is 7.92. The monoisotopic (exact) mass is 462 g/mol. The minimum Gasteiger partial charge on any atom is -0.494 e. The quantitative estimate of drug-likeness (QED) is 0.580. The van der Waals surface area contributed by atoms with Crippen LogP contribution in [0.1, 0.15) is 61.4 Å². The molecule has 0 bridgehead atoms. The fraction of sp³-hybridized carbons (Fsp3) is 0.458. The number of anilines is 1. The van der Waals surface area contributed by atoms with Crippen molar-refractivity contribution in [3.8, 4) is 5.75 Å². The molecule has 1 aliphatic carbocycles. The van der Waals surface area contributed by atoms with Gasteiger partial charge in [-0.05, 0) is 62.2 Å². The number of benzene rings is 2. The Labute approximate surface area is 189 Å². The lowest BCUT2D eigenvalue weighted by molar-refractivity contribution is 0.0933. The highest BCUT2D eigenvalue weighted by Crippen LogP contribution is 2.27. The molecule has 1 N–H and O–H groups in total. The van der Waals surface area contributed by atoms with Crippen LogP contribution in [0, 0.1) is 5.82 Å². The molecule has 1 aliphatic rings. The Balaban J connectivity index is 1.88. The molecule has 0 heterocycles. The number of halogens is 1. The van der Waals surface area contributed by atoms with Crippen LogP contribution in [0.5, 0.6) is 5.75 Å². The predicted octanol–water partition coefficient (Wildman–Crippen LogP) is 4.64. The molecule has 0 radical (unpaired) electrons. The number of carbonyl (C=O) groups excluding carboxylic acids is 1. The first kappa shape index (κ1) is 24.0. The highest BCUT2D eigenvalue weighted by atomic mass is 32.2. The van der Waals surface area contributed by atoms with E-state index in [0.29, 0.717) is 29.2 Å². The highest BCUT2D eigenvalue weighted by Gasteiger charge is 2.22. The molecular formula is C24H31FN2O4S. The maximum atomic E-state index is 13.4. The van der Waals surface area contributed by atoms with Gasteiger partial charge in [-0.3, -0.25) is 9.10 Å². The Bertz CT molecular complexity index is 1020. The van der Waals surface area contributed by atoms with Gasteiger partial charge in [0.2, 0.25) is 10.0 Å². The SMILES string of the molecule is CCOc1ccc(C(=O)NC2CCCCCC2)cc1CN(c1ccc(F)cc1)S(C)(=O)=O. The number of carbonyl (C=O) groups is 1. The average molecular weight is 463 g/mol. The summed E-state index contributed by atoms with van der Waals surface area (Å²) >= 11 is 0. The van der Waals surface area contributed by atoms with Gasteiger partial charge in [0.15, 0.2) is 0 Å². The van der Waals surface area contributed by atoms with E-state index >= 15 is 0 Å². The fourth-order valence-electron chi connectivity index (χ4n) is 4.00. The lowest BCUT2D eigenvalue weighted by atomic mass is 10.1. The van der Waals surface area contributed by atoms with Gasteiger partial charge in [-0.15, -0.1) is 0 Å². The zero-order valence-electron chi connectivity index (χ0n) is 18.6. The number of hydrogen-bond donors (Lipinski definition) is 1. The van der Waals surface area contributed by atoms with E-state index in [9.17, 15) is 17.6 Å². The number of nitrogens with zero attached hydrogens (tertiary/aromatic N) is 1. The van der Waals surface area contributed by atoms with Crippen LogP contribution in [0.3, 0.4) is 0 Å². The van der Waals surface area contributed by atoms with Gasteiger partial charge in [-0.25, -0.2) is 12.8 Å². The van der Waals surface area contributed by atoms with Crippen LogP contribution >= 0.6 is 0 Å². The molecule has 0 aliphatic heterocycles. The summed E-state index contributed by atoms with van der Waals surface area (Å²) in [6.07, 6.45) is 7.67. The standard InChI is InChI=1S/C24H31FN2O4S/c1-3-31-23-15-10-18(24(28)26-21-8-6-4-5-7-9-21)16-19(23)17-27(32(2,29)30)22-13-11-20(25)12-14-22/h10-16,21H,3-9,17H2,1-2H3,(H,26,28). The topological polar surface area (TPSA) is 75.7 Å². The summed E-state index contributed by atoms with van der Waals surface area (Å²) in [6.45, 7) is 2.20. The number of nitrogens with one attached hydrogen (secondary N) is 1. The molecular weight excluding hydrogens is 431 g/mol. The van der Waals surface area contributed by atoms with E-state index < -0.39 is 15.8 Å². The summed E-state index contributed by atoms with van der Waals surface area (Å²) in [5, 5.41) is 3.12. The van der Waals surface area contributed by atoms with Gasteiger partial charge in [0, 0.05) is 17.2 Å². The van der Waals surface area contributed by atoms with Crippen molar-refractivity contribution in [2.24, 2.45) is 0 Å². The van der Waals surface area contributed by atoms with Crippen molar-refractivity contribution in [3.05, 3.63) is 59.4 Å². The van der Waals surface area contributed by atoms with Crippen molar-refractivity contribution < 1.29 is 22.3 Å². The molecule has 3 rings (SSSR count). The maximum absolute atomic E-state index is 13.4. The molecule has 0 spiro atoms. The number of hydrogen-bond acceptors (Lipinski definition) is 4. The second-order valence-electron chi connectivity index (χ2n) is 8.16. The molecule has 2 aromatic carbocycles. The van der Waals surface area contributed by atoms with Crippen LogP contribution in [0.15, 0.2) is 42.5 Å². The van der Waals surface area contributed by atoms with E-state index in [-0.39, 0.29) is 18.5 Å². The summed E-state index contributed by atoms with van der Waals surface area (Å²) in [5.74, 6) is -0.113. The van der Waals surface area contributed by atoms with Gasteiger partial charge in [0.05, 0.1) is 25.1 Å². The molecule has 32 heavy (non-hydrogen) atoms. The van der Waals surface area contributed by atoms with Crippen molar-refractivity contribution in [1.29, 1.82) is 0 Å². The first-order chi connectivity index (χ1) is 15.3. The zero-order valence-corrected chi connectivity index (χ0v) is 19.5. The van der Waals surface area contributed by atoms with E-state index in [1.165, 1.54) is 41.4 Å². The van der Waals surface area contributed by atoms with Crippen LogP contribution in [-0.2, 0) is 16.6 Å². The summed E-state index contributed by atoms with van der Waals surface area (Å²) < 4.78 is 45.3. The van der Waals surface area contributed by atoms with E-state index in [0.717, 1.165) is 31.9 Å². The molecule has 1 saturated carbocycles. The van der Waals surface area contributed by atoms with Crippen LogP contribution in [0.2, 0.25) is 0 Å². The van der Waals surface area contributed by atoms with Gasteiger partial charge in [-0.2, -0.15) is 0 Å². The predicted molar refractivity (Wildman–Crippen MR) is 124 cm³/mol. The number of sulfonamides is 1. The van der Waals surface area contributed by atoms with Crippen LogP contribution in [-0.4, -0.2) is 33.2 Å². The minimum absolute atomic E-state index is 0.0374. The number of rotatable bonds is 8. The average Bonchev–Trinajstić information content (AvgIpc) is 3.01. The molecule has 1 amide bonds. The van der Waals surface area contributed by atoms with Crippen molar-refractivity contribution >= 4 is 21.6 Å². The van der Waals surface area contributed by atoms with E-state index in [2.05, 4.69) is 5.32 Å². The number of ether oxygens (including phenoxy) is 1. The van der Waals surface area contributed by atoms with Crippen LogP contribution in [0.4, 0.5) is 10.1 Å². The van der Waals surface area contributed by atoms with E-state index in [4.69, 9.17) is 4.74 Å². The smallest absolute Gasteiger partial charge is 0.251 e. The molecule has 8 heteroatoms. The Kier molecular flexibility index (Phi) is 8.12. The second kappa shape index (κ2) is 10.8. The first-order valence-electron chi connectivity index (χ1n) is 11.1. The lowest BCUT2D eigenvalue weighted by Crippen LogP contribution is -2.34. The third-order valence-electron chi connectivity index (χ3n) is 5.64. The van der Waals surface area contributed by atoms with Gasteiger partial charge in [0.25, 0.3) is 5.91 Å². The summed E-state index contributed by atoms with van der Waals surface area (Å²) in [7, 11) is -3.67. The van der Waals surface area contributed by atoms with Crippen molar-refractivity contribution in [2.45, 2.75) is 58.0 Å². The Hall–Kier alpha value is -2.61. The summed E-state index contributed by atoms with van der Waals surface area (Å²) in [5.41, 5.74) is 1.36. The van der Waals surface area contributed by atoms with Gasteiger partial charge < -0.3 is 10.1 Å². The van der Waals surface area contributed by atoms with Crippen molar-refractivity contribution in [3.63, 3.8) is 0 Å². The first-order valence-corrected chi connectivity index (χ1v) is 12.9. The van der Waals surface area contributed by atoms with Gasteiger partial charge in [0.1, 0.15) is 11.6 Å². The normalized spacial score (nSPS) is 15.1. The fourth-order valence-corrected chi connectivity index (χ4v) is 4.87. The Morgan fingerprint density at radius 2 is 1.75 bits per heavy atom. The zero-order chi connectivity index (χ0) is 23.1. The van der Waals surface area contributed by atoms with E-state index in [1.807, 2.05) is 6.92 Å². The molecule has 6 nitrogen and oxygen atoms in total. The third kappa shape index (κ3) is 6.45. The van der Waals surface area contributed by atoms with Crippen LogP contribution < -0.4 is 14.4 Å². The Morgan fingerprint density at radius 3 is 2.34 bits per heavy atom. The largest absolute Gasteiger partial charge is 0.494 e.